The Morgan fingerprint density at radius 1 is 1.04 bits per heavy atom. The van der Waals surface area contributed by atoms with E-state index in [0.29, 0.717) is 9.77 Å². The van der Waals surface area contributed by atoms with Crippen molar-refractivity contribution in [1.82, 2.24) is 4.72 Å². The van der Waals surface area contributed by atoms with E-state index in [1.165, 1.54) is 18.3 Å². The summed E-state index contributed by atoms with van der Waals surface area (Å²) in [4.78, 5) is 12.3. The second kappa shape index (κ2) is 6.95. The van der Waals surface area contributed by atoms with Gasteiger partial charge in [0.15, 0.2) is 5.78 Å². The Hall–Kier alpha value is -2.28. The van der Waals surface area contributed by atoms with Gasteiger partial charge in [0, 0.05) is 21.9 Å². The van der Waals surface area contributed by atoms with Crippen molar-refractivity contribution in [2.75, 3.05) is 0 Å². The van der Waals surface area contributed by atoms with Crippen LogP contribution in [0.5, 0.6) is 0 Å². The summed E-state index contributed by atoms with van der Waals surface area (Å²) in [6, 6.07) is 20.6. The van der Waals surface area contributed by atoms with Crippen LogP contribution in [0.4, 0.5) is 0 Å². The molecule has 0 spiro atoms. The number of hydrogen-bond acceptors (Lipinski definition) is 4. The van der Waals surface area contributed by atoms with E-state index in [1.54, 1.807) is 18.2 Å². The second-order valence-corrected chi connectivity index (χ2v) is 10.4. The Bertz CT molecular complexity index is 1120. The molecule has 1 heterocycles. The highest BCUT2D eigenvalue weighted by atomic mass is 32.2. The zero-order valence-electron chi connectivity index (χ0n) is 15.7. The van der Waals surface area contributed by atoms with Crippen molar-refractivity contribution in [1.29, 1.82) is 0 Å². The summed E-state index contributed by atoms with van der Waals surface area (Å²) in [6.45, 7) is 3.61. The number of hydrogen-bond donors (Lipinski definition) is 1. The highest BCUT2D eigenvalue weighted by molar-refractivity contribution is 7.91. The Balaban J connectivity index is 1.51. The van der Waals surface area contributed by atoms with Gasteiger partial charge in [-0.15, -0.1) is 11.3 Å². The Kier molecular flexibility index (Phi) is 4.73. The molecular formula is C22H21NO3S2. The fraction of sp³-hybridized carbons (Fsp3) is 0.227. The van der Waals surface area contributed by atoms with Crippen molar-refractivity contribution in [3.8, 4) is 10.4 Å². The molecule has 3 aromatic rings. The first-order valence-electron chi connectivity index (χ1n) is 9.09. The first kappa shape index (κ1) is 19.1. The highest BCUT2D eigenvalue weighted by Gasteiger charge is 2.53. The van der Waals surface area contributed by atoms with Crippen molar-refractivity contribution < 1.29 is 13.2 Å². The van der Waals surface area contributed by atoms with E-state index in [0.717, 1.165) is 22.4 Å². The summed E-state index contributed by atoms with van der Waals surface area (Å²) in [7, 11) is -3.57. The maximum atomic E-state index is 12.8. The molecule has 0 amide bonds. The third-order valence-electron chi connectivity index (χ3n) is 5.39. The summed E-state index contributed by atoms with van der Waals surface area (Å²) in [6.07, 6.45) is 0.793. The van der Waals surface area contributed by atoms with Gasteiger partial charge in [-0.05, 0) is 36.6 Å². The first-order valence-corrected chi connectivity index (χ1v) is 11.4. The van der Waals surface area contributed by atoms with Crippen LogP contribution >= 0.6 is 11.3 Å². The van der Waals surface area contributed by atoms with Crippen molar-refractivity contribution >= 4 is 27.1 Å². The summed E-state index contributed by atoms with van der Waals surface area (Å²) in [5.41, 5.74) is 2.54. The zero-order chi connectivity index (χ0) is 19.9. The molecule has 2 aromatic carbocycles. The van der Waals surface area contributed by atoms with Gasteiger partial charge >= 0.3 is 0 Å². The summed E-state index contributed by atoms with van der Waals surface area (Å²) in [5, 5.41) is 0. The van der Waals surface area contributed by atoms with Crippen LogP contribution in [0.15, 0.2) is 70.9 Å². The van der Waals surface area contributed by atoms with Gasteiger partial charge in [0.2, 0.25) is 10.0 Å². The van der Waals surface area contributed by atoms with Gasteiger partial charge in [-0.2, -0.15) is 0 Å². The van der Waals surface area contributed by atoms with Gasteiger partial charge in [-0.3, -0.25) is 4.79 Å². The quantitative estimate of drug-likeness (QED) is 0.602. The molecule has 2 atom stereocenters. The maximum absolute atomic E-state index is 12.8. The Morgan fingerprint density at radius 3 is 2.36 bits per heavy atom. The lowest BCUT2D eigenvalue weighted by Crippen LogP contribution is -2.29. The minimum atomic E-state index is -3.57. The number of rotatable bonds is 6. The molecule has 0 bridgehead atoms. The number of benzene rings is 2. The van der Waals surface area contributed by atoms with Gasteiger partial charge in [-0.1, -0.05) is 61.5 Å². The van der Waals surface area contributed by atoms with Gasteiger partial charge < -0.3 is 0 Å². The molecule has 4 rings (SSSR count). The molecule has 0 saturated heterocycles. The lowest BCUT2D eigenvalue weighted by Gasteiger charge is -2.12. The fourth-order valence-corrected chi connectivity index (χ4v) is 6.09. The van der Waals surface area contributed by atoms with Gasteiger partial charge in [0.1, 0.15) is 4.21 Å². The van der Waals surface area contributed by atoms with Gasteiger partial charge in [0.25, 0.3) is 0 Å². The SMILES string of the molecule is CC(=O)c1ccc(-c2ccc(S(=O)(=O)N[C@H]3C[C@]3(C)c3ccccc3)s2)cc1. The third-order valence-corrected chi connectivity index (χ3v) is 8.49. The predicted octanol–water partition coefficient (Wildman–Crippen LogP) is 4.63. The zero-order valence-corrected chi connectivity index (χ0v) is 17.3. The van der Waals surface area contributed by atoms with Crippen LogP contribution in [0, 0.1) is 0 Å². The van der Waals surface area contributed by atoms with Crippen LogP contribution in [-0.4, -0.2) is 20.2 Å². The number of carbonyl (C=O) groups is 1. The fourth-order valence-electron chi connectivity index (χ4n) is 3.41. The summed E-state index contributed by atoms with van der Waals surface area (Å²) in [5.74, 6) is 0.0103. The van der Waals surface area contributed by atoms with Crippen molar-refractivity contribution in [2.45, 2.75) is 35.9 Å². The molecule has 6 heteroatoms. The predicted molar refractivity (Wildman–Crippen MR) is 112 cm³/mol. The molecule has 1 aliphatic rings. The molecular weight excluding hydrogens is 390 g/mol. The molecule has 28 heavy (non-hydrogen) atoms. The minimum Gasteiger partial charge on any atom is -0.295 e. The Morgan fingerprint density at radius 2 is 1.71 bits per heavy atom. The van der Waals surface area contributed by atoms with Crippen LogP contribution in [0.2, 0.25) is 0 Å². The van der Waals surface area contributed by atoms with E-state index < -0.39 is 10.0 Å². The number of carbonyl (C=O) groups excluding carboxylic acids is 1. The van der Waals surface area contributed by atoms with E-state index in [2.05, 4.69) is 11.6 Å². The molecule has 1 aliphatic carbocycles. The lowest BCUT2D eigenvalue weighted by atomic mass is 9.98. The number of Topliss-reactive ketones (excluding diaryl/α,β-unsaturated/α-hetero) is 1. The number of nitrogens with one attached hydrogen (secondary N) is 1. The molecule has 1 fully saturated rings. The topological polar surface area (TPSA) is 63.2 Å². The molecule has 144 valence electrons. The van der Waals surface area contributed by atoms with Gasteiger partial charge in [0.05, 0.1) is 0 Å². The summed E-state index contributed by atoms with van der Waals surface area (Å²) < 4.78 is 28.9. The Labute approximate surface area is 169 Å². The van der Waals surface area contributed by atoms with Crippen LogP contribution in [0.25, 0.3) is 10.4 Å². The molecule has 1 aromatic heterocycles. The van der Waals surface area contributed by atoms with E-state index in [4.69, 9.17) is 0 Å². The molecule has 0 aliphatic heterocycles. The van der Waals surface area contributed by atoms with Crippen LogP contribution in [0.3, 0.4) is 0 Å². The minimum absolute atomic E-state index is 0.0103. The van der Waals surface area contributed by atoms with E-state index >= 15 is 0 Å². The van der Waals surface area contributed by atoms with Crippen LogP contribution in [0.1, 0.15) is 36.2 Å². The highest BCUT2D eigenvalue weighted by Crippen LogP contribution is 2.48. The third kappa shape index (κ3) is 3.55. The van der Waals surface area contributed by atoms with E-state index in [9.17, 15) is 13.2 Å². The van der Waals surface area contributed by atoms with Crippen molar-refractivity contribution in [2.24, 2.45) is 0 Å². The maximum Gasteiger partial charge on any atom is 0.250 e. The van der Waals surface area contributed by atoms with Crippen molar-refractivity contribution in [3.05, 3.63) is 77.9 Å². The van der Waals surface area contributed by atoms with E-state index in [1.807, 2.05) is 48.5 Å². The van der Waals surface area contributed by atoms with Crippen molar-refractivity contribution in [3.63, 3.8) is 0 Å². The van der Waals surface area contributed by atoms with E-state index in [-0.39, 0.29) is 17.2 Å². The van der Waals surface area contributed by atoms with Crippen LogP contribution in [-0.2, 0) is 15.4 Å². The lowest BCUT2D eigenvalue weighted by molar-refractivity contribution is 0.101. The molecule has 1 saturated carbocycles. The summed E-state index contributed by atoms with van der Waals surface area (Å²) >= 11 is 1.24. The number of sulfonamides is 1. The molecule has 1 N–H and O–H groups in total. The first-order chi connectivity index (χ1) is 13.3. The smallest absolute Gasteiger partial charge is 0.250 e. The molecule has 0 unspecified atom stereocenters. The molecule has 4 nitrogen and oxygen atoms in total. The monoisotopic (exact) mass is 411 g/mol. The average Bonchev–Trinajstić information content (AvgIpc) is 3.09. The largest absolute Gasteiger partial charge is 0.295 e. The normalized spacial score (nSPS) is 21.4. The second-order valence-electron chi connectivity index (χ2n) is 7.41. The number of ketones is 1. The standard InChI is InChI=1S/C22H21NO3S2/c1-15(24)16-8-10-17(11-9-16)19-12-13-21(27-19)28(25,26)23-20-14-22(20,2)18-6-4-3-5-7-18/h3-13,20,23H,14H2,1-2H3/t20-,22+/m0/s1. The number of thiophene rings is 1. The van der Waals surface area contributed by atoms with Gasteiger partial charge in [-0.25, -0.2) is 13.1 Å². The van der Waals surface area contributed by atoms with Crippen LogP contribution < -0.4 is 4.72 Å². The molecule has 0 radical (unpaired) electrons. The average molecular weight is 412 g/mol.